The first kappa shape index (κ1) is 12.2. The van der Waals surface area contributed by atoms with Gasteiger partial charge in [-0.15, -0.1) is 0 Å². The smallest absolute Gasteiger partial charge is 0.311 e. The maximum atomic E-state index is 11.3. The molecule has 1 aromatic carbocycles. The van der Waals surface area contributed by atoms with Gasteiger partial charge in [0.15, 0.2) is 0 Å². The van der Waals surface area contributed by atoms with Gasteiger partial charge in [0.2, 0.25) is 0 Å². The Morgan fingerprint density at radius 1 is 1.37 bits per heavy atom. The van der Waals surface area contributed by atoms with Gasteiger partial charge in [-0.05, 0) is 17.5 Å². The summed E-state index contributed by atoms with van der Waals surface area (Å²) >= 11 is 0. The molecule has 2 heterocycles. The van der Waals surface area contributed by atoms with Gasteiger partial charge in [0.25, 0.3) is 0 Å². The van der Waals surface area contributed by atoms with Gasteiger partial charge < -0.3 is 9.67 Å². The van der Waals surface area contributed by atoms with Crippen molar-refractivity contribution in [1.29, 1.82) is 0 Å². The van der Waals surface area contributed by atoms with Crippen LogP contribution in [-0.2, 0) is 16.7 Å². The number of nitrogens with zero attached hydrogens (tertiary/aromatic N) is 2. The zero-order valence-corrected chi connectivity index (χ0v) is 10.9. The largest absolute Gasteiger partial charge is 0.481 e. The molecule has 0 amide bonds. The molecule has 100 valence electrons. The van der Waals surface area contributed by atoms with Crippen LogP contribution in [-0.4, -0.2) is 34.4 Å². The number of aliphatic carboxylic acids is 1. The van der Waals surface area contributed by atoms with Crippen molar-refractivity contribution in [3.8, 4) is 0 Å². The van der Waals surface area contributed by atoms with Gasteiger partial charge in [-0.3, -0.25) is 9.63 Å². The van der Waals surface area contributed by atoms with Crippen LogP contribution in [0, 0.1) is 5.92 Å². The Kier molecular flexibility index (Phi) is 2.80. The van der Waals surface area contributed by atoms with Gasteiger partial charge in [0.1, 0.15) is 5.92 Å². The molecular formula is C14H16N2O3. The average molecular weight is 260 g/mol. The minimum Gasteiger partial charge on any atom is -0.481 e. The molecule has 1 fully saturated rings. The summed E-state index contributed by atoms with van der Waals surface area (Å²) in [7, 11) is 3.74. The van der Waals surface area contributed by atoms with Crippen LogP contribution in [0.1, 0.15) is 11.7 Å². The summed E-state index contributed by atoms with van der Waals surface area (Å²) in [4.78, 5) is 16.7. The number of carboxylic acids is 1. The van der Waals surface area contributed by atoms with Crippen LogP contribution in [0.3, 0.4) is 0 Å². The van der Waals surface area contributed by atoms with E-state index in [4.69, 9.17) is 4.84 Å². The number of carboxylic acid groups (broad SMARTS) is 1. The number of para-hydroxylation sites is 1. The highest BCUT2D eigenvalue weighted by Crippen LogP contribution is 2.36. The number of rotatable bonds is 2. The minimum absolute atomic E-state index is 0.220. The predicted octanol–water partition coefficient (Wildman–Crippen LogP) is 1.80. The number of hydroxylamine groups is 2. The lowest BCUT2D eigenvalue weighted by molar-refractivity contribution is -0.142. The summed E-state index contributed by atoms with van der Waals surface area (Å²) < 4.78 is 2.04. The molecule has 0 bridgehead atoms. The molecule has 0 saturated carbocycles. The Morgan fingerprint density at radius 3 is 2.79 bits per heavy atom. The van der Waals surface area contributed by atoms with Crippen molar-refractivity contribution in [3.05, 3.63) is 36.0 Å². The third kappa shape index (κ3) is 1.82. The topological polar surface area (TPSA) is 54.7 Å². The molecule has 3 rings (SSSR count). The van der Waals surface area contributed by atoms with Crippen LogP contribution in [0.4, 0.5) is 0 Å². The van der Waals surface area contributed by atoms with E-state index in [2.05, 4.69) is 0 Å². The molecule has 19 heavy (non-hydrogen) atoms. The summed E-state index contributed by atoms with van der Waals surface area (Å²) in [6, 6.07) is 9.82. The number of aromatic nitrogens is 1. The molecule has 0 radical (unpaired) electrons. The van der Waals surface area contributed by atoms with Crippen molar-refractivity contribution in [2.45, 2.75) is 6.04 Å². The van der Waals surface area contributed by atoms with Crippen LogP contribution in [0.15, 0.2) is 30.3 Å². The molecule has 5 nitrogen and oxygen atoms in total. The Morgan fingerprint density at radius 2 is 2.11 bits per heavy atom. The molecule has 1 N–H and O–H groups in total. The molecule has 1 aliphatic rings. The highest BCUT2D eigenvalue weighted by Gasteiger charge is 2.41. The number of aryl methyl sites for hydroxylation is 1. The Hall–Kier alpha value is -1.85. The van der Waals surface area contributed by atoms with Gasteiger partial charge >= 0.3 is 5.97 Å². The van der Waals surface area contributed by atoms with Crippen molar-refractivity contribution in [2.75, 3.05) is 13.7 Å². The third-order valence-electron chi connectivity index (χ3n) is 3.84. The third-order valence-corrected chi connectivity index (χ3v) is 3.84. The first-order chi connectivity index (χ1) is 9.09. The summed E-state index contributed by atoms with van der Waals surface area (Å²) in [6.07, 6.45) is 0. The van der Waals surface area contributed by atoms with Gasteiger partial charge in [-0.1, -0.05) is 18.2 Å². The zero-order valence-electron chi connectivity index (χ0n) is 10.9. The summed E-state index contributed by atoms with van der Waals surface area (Å²) in [5.41, 5.74) is 2.07. The second-order valence-corrected chi connectivity index (χ2v) is 4.92. The van der Waals surface area contributed by atoms with E-state index in [-0.39, 0.29) is 12.6 Å². The number of fused-ring (bicyclic) bond motifs is 1. The quantitative estimate of drug-likeness (QED) is 0.894. The summed E-state index contributed by atoms with van der Waals surface area (Å²) in [6.45, 7) is 0.220. The maximum Gasteiger partial charge on any atom is 0.311 e. The van der Waals surface area contributed by atoms with Crippen molar-refractivity contribution in [1.82, 2.24) is 9.63 Å². The van der Waals surface area contributed by atoms with Crippen molar-refractivity contribution >= 4 is 16.9 Å². The van der Waals surface area contributed by atoms with Crippen molar-refractivity contribution < 1.29 is 14.7 Å². The van der Waals surface area contributed by atoms with E-state index in [9.17, 15) is 9.90 Å². The fourth-order valence-corrected chi connectivity index (χ4v) is 2.82. The van der Waals surface area contributed by atoms with Crippen molar-refractivity contribution in [2.24, 2.45) is 13.0 Å². The predicted molar refractivity (Wildman–Crippen MR) is 70.5 cm³/mol. The van der Waals surface area contributed by atoms with E-state index in [1.54, 1.807) is 12.1 Å². The van der Waals surface area contributed by atoms with E-state index in [0.717, 1.165) is 16.6 Å². The molecule has 5 heteroatoms. The number of hydrogen-bond acceptors (Lipinski definition) is 3. The number of hydrogen-bond donors (Lipinski definition) is 1. The maximum absolute atomic E-state index is 11.3. The van der Waals surface area contributed by atoms with Crippen molar-refractivity contribution in [3.63, 3.8) is 0 Å². The molecule has 1 aliphatic heterocycles. The monoisotopic (exact) mass is 260 g/mol. The molecule has 2 atom stereocenters. The lowest BCUT2D eigenvalue weighted by atomic mass is 9.99. The highest BCUT2D eigenvalue weighted by atomic mass is 16.7. The average Bonchev–Trinajstić information content (AvgIpc) is 2.91. The van der Waals surface area contributed by atoms with Gasteiger partial charge in [0.05, 0.1) is 12.6 Å². The normalized spacial score (nSPS) is 24.1. The Bertz CT molecular complexity index is 635. The molecule has 0 spiro atoms. The molecular weight excluding hydrogens is 244 g/mol. The van der Waals surface area contributed by atoms with Crippen LogP contribution < -0.4 is 0 Å². The molecule has 0 unspecified atom stereocenters. The van der Waals surface area contributed by atoms with Gasteiger partial charge in [0, 0.05) is 25.3 Å². The van der Waals surface area contributed by atoms with E-state index >= 15 is 0 Å². The second kappa shape index (κ2) is 4.36. The minimum atomic E-state index is -0.820. The second-order valence-electron chi connectivity index (χ2n) is 4.92. The van der Waals surface area contributed by atoms with Gasteiger partial charge in [-0.25, -0.2) is 0 Å². The standard InChI is InChI=1S/C14H16N2O3/c1-15-11-6-4-3-5-9(11)7-12(15)13-10(14(17)18)8-19-16(13)2/h3-7,10,13H,8H2,1-2H3,(H,17,18)/t10-,13+/m1/s1. The lowest BCUT2D eigenvalue weighted by Crippen LogP contribution is -2.27. The molecule has 1 aromatic heterocycles. The van der Waals surface area contributed by atoms with Crippen LogP contribution >= 0.6 is 0 Å². The first-order valence-corrected chi connectivity index (χ1v) is 6.22. The van der Waals surface area contributed by atoms with Crippen LogP contribution in [0.2, 0.25) is 0 Å². The van der Waals surface area contributed by atoms with Gasteiger partial charge in [-0.2, -0.15) is 5.06 Å². The number of carbonyl (C=O) groups is 1. The Balaban J connectivity index is 2.12. The van der Waals surface area contributed by atoms with E-state index in [0.29, 0.717) is 0 Å². The van der Waals surface area contributed by atoms with Crippen LogP contribution in [0.5, 0.6) is 0 Å². The fourth-order valence-electron chi connectivity index (χ4n) is 2.82. The fraction of sp³-hybridized carbons (Fsp3) is 0.357. The SMILES string of the molecule is CN1OC[C@@H](C(=O)O)[C@H]1c1cc2ccccc2n1C. The molecule has 2 aromatic rings. The molecule has 1 saturated heterocycles. The Labute approximate surface area is 110 Å². The number of benzene rings is 1. The van der Waals surface area contributed by atoms with E-state index < -0.39 is 11.9 Å². The zero-order chi connectivity index (χ0) is 13.6. The van der Waals surface area contributed by atoms with E-state index in [1.807, 2.05) is 41.9 Å². The first-order valence-electron chi connectivity index (χ1n) is 6.22. The van der Waals surface area contributed by atoms with E-state index in [1.165, 1.54) is 0 Å². The lowest BCUT2D eigenvalue weighted by Gasteiger charge is -2.21. The highest BCUT2D eigenvalue weighted by molar-refractivity contribution is 5.82. The summed E-state index contributed by atoms with van der Waals surface area (Å²) in [5.74, 6) is -1.35. The summed E-state index contributed by atoms with van der Waals surface area (Å²) in [5, 5.41) is 12.1. The van der Waals surface area contributed by atoms with Crippen LogP contribution in [0.25, 0.3) is 10.9 Å². The molecule has 0 aliphatic carbocycles.